The molecule has 2 aromatic rings. The summed E-state index contributed by atoms with van der Waals surface area (Å²) >= 11 is 12.3. The lowest BCUT2D eigenvalue weighted by atomic mass is 10.2. The van der Waals surface area contributed by atoms with Gasteiger partial charge in [0.1, 0.15) is 16.8 Å². The fraction of sp³-hybridized carbons (Fsp3) is 0.286. The summed E-state index contributed by atoms with van der Waals surface area (Å²) in [6.45, 7) is 3.97. The maximum Gasteiger partial charge on any atom is 0.138 e. The van der Waals surface area contributed by atoms with Crippen LogP contribution in [-0.4, -0.2) is 9.97 Å². The Morgan fingerprint density at radius 2 is 1.89 bits per heavy atom. The predicted molar refractivity (Wildman–Crippen MR) is 80.5 cm³/mol. The van der Waals surface area contributed by atoms with Crippen LogP contribution in [0.3, 0.4) is 0 Å². The molecule has 0 aliphatic heterocycles. The zero-order valence-electron chi connectivity index (χ0n) is 10.9. The van der Waals surface area contributed by atoms with Crippen molar-refractivity contribution in [2.45, 2.75) is 26.7 Å². The number of hydrogen-bond donors (Lipinski definition) is 1. The molecule has 0 amide bonds. The van der Waals surface area contributed by atoms with E-state index in [1.807, 2.05) is 31.2 Å². The third-order valence-electron chi connectivity index (χ3n) is 2.73. The Labute approximate surface area is 123 Å². The van der Waals surface area contributed by atoms with Crippen molar-refractivity contribution in [3.63, 3.8) is 0 Å². The van der Waals surface area contributed by atoms with Crippen molar-refractivity contribution in [2.24, 2.45) is 0 Å². The van der Waals surface area contributed by atoms with Crippen molar-refractivity contribution in [3.8, 4) is 0 Å². The normalized spacial score (nSPS) is 10.5. The molecule has 3 nitrogen and oxygen atoms in total. The first-order valence-corrected chi connectivity index (χ1v) is 6.92. The van der Waals surface area contributed by atoms with Gasteiger partial charge in [0, 0.05) is 12.0 Å². The third kappa shape index (κ3) is 3.37. The maximum atomic E-state index is 6.14. The Balaban J connectivity index is 2.36. The summed E-state index contributed by atoms with van der Waals surface area (Å²) in [4.78, 5) is 8.76. The quantitative estimate of drug-likeness (QED) is 0.824. The van der Waals surface area contributed by atoms with E-state index < -0.39 is 0 Å². The zero-order chi connectivity index (χ0) is 13.8. The van der Waals surface area contributed by atoms with Gasteiger partial charge < -0.3 is 5.32 Å². The van der Waals surface area contributed by atoms with Gasteiger partial charge in [-0.15, -0.1) is 0 Å². The molecule has 1 aromatic carbocycles. The molecule has 19 heavy (non-hydrogen) atoms. The maximum absolute atomic E-state index is 6.14. The molecule has 100 valence electrons. The van der Waals surface area contributed by atoms with Crippen LogP contribution < -0.4 is 5.32 Å². The fourth-order valence-corrected chi connectivity index (χ4v) is 2.05. The molecule has 1 N–H and O–H groups in total. The van der Waals surface area contributed by atoms with Crippen LogP contribution in [-0.2, 0) is 6.42 Å². The van der Waals surface area contributed by atoms with Gasteiger partial charge in [0.25, 0.3) is 0 Å². The minimum atomic E-state index is 0.480. The van der Waals surface area contributed by atoms with Gasteiger partial charge in [0.2, 0.25) is 0 Å². The van der Waals surface area contributed by atoms with Gasteiger partial charge in [-0.3, -0.25) is 0 Å². The van der Waals surface area contributed by atoms with E-state index in [2.05, 4.69) is 22.2 Å². The molecule has 0 saturated carbocycles. The Hall–Kier alpha value is -1.32. The van der Waals surface area contributed by atoms with Gasteiger partial charge in [0.05, 0.1) is 10.7 Å². The predicted octanol–water partition coefficient (Wildman–Crippen LogP) is 4.79. The Morgan fingerprint density at radius 1 is 1.16 bits per heavy atom. The molecule has 0 unspecified atom stereocenters. The summed E-state index contributed by atoms with van der Waals surface area (Å²) < 4.78 is 0. The first kappa shape index (κ1) is 14.1. The van der Waals surface area contributed by atoms with Crippen molar-refractivity contribution in [2.75, 3.05) is 5.32 Å². The molecule has 0 bridgehead atoms. The highest BCUT2D eigenvalue weighted by Gasteiger charge is 2.10. The second kappa shape index (κ2) is 6.22. The highest BCUT2D eigenvalue weighted by Crippen LogP contribution is 2.27. The van der Waals surface area contributed by atoms with Crippen molar-refractivity contribution < 1.29 is 0 Å². The van der Waals surface area contributed by atoms with Gasteiger partial charge in [-0.1, -0.05) is 42.3 Å². The van der Waals surface area contributed by atoms with Crippen molar-refractivity contribution in [1.82, 2.24) is 9.97 Å². The molecular formula is C14H15Cl2N3. The van der Waals surface area contributed by atoms with E-state index in [0.717, 1.165) is 29.9 Å². The lowest BCUT2D eigenvalue weighted by Crippen LogP contribution is -2.04. The van der Waals surface area contributed by atoms with E-state index in [1.54, 1.807) is 0 Å². The largest absolute Gasteiger partial charge is 0.339 e. The standard InChI is InChI=1S/C14H15Cl2N3/c1-3-6-12-18-13(16)9(2)14(19-12)17-11-8-5-4-7-10(11)15/h4-5,7-8H,3,6H2,1-2H3,(H,17,18,19). The minimum absolute atomic E-state index is 0.480. The Kier molecular flexibility index (Phi) is 4.61. The van der Waals surface area contributed by atoms with Crippen LogP contribution >= 0.6 is 23.2 Å². The van der Waals surface area contributed by atoms with Crippen LogP contribution in [0, 0.1) is 6.92 Å². The smallest absolute Gasteiger partial charge is 0.138 e. The number of anilines is 2. The Bertz CT molecular complexity index is 585. The number of nitrogens with one attached hydrogen (secondary N) is 1. The van der Waals surface area contributed by atoms with Gasteiger partial charge >= 0.3 is 0 Å². The van der Waals surface area contributed by atoms with Gasteiger partial charge in [-0.05, 0) is 25.5 Å². The van der Waals surface area contributed by atoms with Crippen molar-refractivity contribution in [3.05, 3.63) is 45.8 Å². The molecule has 1 heterocycles. The number of hydrogen-bond acceptors (Lipinski definition) is 3. The summed E-state index contributed by atoms with van der Waals surface area (Å²) in [7, 11) is 0. The topological polar surface area (TPSA) is 37.8 Å². The van der Waals surface area contributed by atoms with Crippen molar-refractivity contribution in [1.29, 1.82) is 0 Å². The van der Waals surface area contributed by atoms with E-state index in [1.165, 1.54) is 0 Å². The van der Waals surface area contributed by atoms with Crippen LogP contribution in [0.4, 0.5) is 11.5 Å². The molecule has 0 aliphatic carbocycles. The Morgan fingerprint density at radius 3 is 2.58 bits per heavy atom. The molecule has 0 aliphatic rings. The number of aromatic nitrogens is 2. The van der Waals surface area contributed by atoms with E-state index in [0.29, 0.717) is 16.0 Å². The average Bonchev–Trinajstić information content (AvgIpc) is 2.38. The molecule has 2 rings (SSSR count). The molecule has 0 radical (unpaired) electrons. The lowest BCUT2D eigenvalue weighted by Gasteiger charge is -2.12. The summed E-state index contributed by atoms with van der Waals surface area (Å²) in [6.07, 6.45) is 1.78. The summed E-state index contributed by atoms with van der Waals surface area (Å²) in [6, 6.07) is 7.53. The van der Waals surface area contributed by atoms with Crippen LogP contribution in [0.15, 0.2) is 24.3 Å². The number of benzene rings is 1. The summed E-state index contributed by atoms with van der Waals surface area (Å²) in [5.74, 6) is 1.45. The second-order valence-corrected chi connectivity index (χ2v) is 5.02. The monoisotopic (exact) mass is 295 g/mol. The first-order chi connectivity index (χ1) is 9.11. The minimum Gasteiger partial charge on any atom is -0.339 e. The van der Waals surface area contributed by atoms with Crippen molar-refractivity contribution >= 4 is 34.7 Å². The summed E-state index contributed by atoms with van der Waals surface area (Å²) in [5.41, 5.74) is 1.63. The molecule has 5 heteroatoms. The van der Waals surface area contributed by atoms with E-state index in [9.17, 15) is 0 Å². The molecule has 0 atom stereocenters. The summed E-state index contributed by atoms with van der Waals surface area (Å²) in [5, 5.41) is 4.34. The molecule has 0 spiro atoms. The number of rotatable bonds is 4. The number of nitrogens with zero attached hydrogens (tertiary/aromatic N) is 2. The highest BCUT2D eigenvalue weighted by atomic mass is 35.5. The molecule has 0 fully saturated rings. The highest BCUT2D eigenvalue weighted by molar-refractivity contribution is 6.33. The lowest BCUT2D eigenvalue weighted by molar-refractivity contribution is 0.833. The van der Waals surface area contributed by atoms with E-state index >= 15 is 0 Å². The van der Waals surface area contributed by atoms with E-state index in [-0.39, 0.29) is 0 Å². The second-order valence-electron chi connectivity index (χ2n) is 4.26. The van der Waals surface area contributed by atoms with Gasteiger partial charge in [-0.25, -0.2) is 9.97 Å². The molecule has 0 saturated heterocycles. The zero-order valence-corrected chi connectivity index (χ0v) is 12.4. The fourth-order valence-electron chi connectivity index (χ4n) is 1.68. The average molecular weight is 296 g/mol. The van der Waals surface area contributed by atoms with E-state index in [4.69, 9.17) is 23.2 Å². The number of para-hydroxylation sites is 1. The van der Waals surface area contributed by atoms with Crippen LogP contribution in [0.1, 0.15) is 24.7 Å². The van der Waals surface area contributed by atoms with Crippen LogP contribution in [0.2, 0.25) is 10.2 Å². The van der Waals surface area contributed by atoms with Crippen LogP contribution in [0.25, 0.3) is 0 Å². The molecular weight excluding hydrogens is 281 g/mol. The number of halogens is 2. The third-order valence-corrected chi connectivity index (χ3v) is 3.43. The molecule has 1 aromatic heterocycles. The van der Waals surface area contributed by atoms with Gasteiger partial charge in [-0.2, -0.15) is 0 Å². The van der Waals surface area contributed by atoms with Gasteiger partial charge in [0.15, 0.2) is 0 Å². The van der Waals surface area contributed by atoms with Crippen LogP contribution in [0.5, 0.6) is 0 Å². The first-order valence-electron chi connectivity index (χ1n) is 6.16. The SMILES string of the molecule is CCCc1nc(Cl)c(C)c(Nc2ccccc2Cl)n1. The number of aryl methyl sites for hydroxylation is 1.